The minimum atomic E-state index is -0.257. The Hall–Kier alpha value is -0.730. The van der Waals surface area contributed by atoms with Crippen LogP contribution in [0.5, 0.6) is 0 Å². The van der Waals surface area contributed by atoms with Gasteiger partial charge in [0, 0.05) is 6.07 Å². The molecule has 0 spiro atoms. The lowest BCUT2D eigenvalue weighted by Gasteiger charge is -1.97. The van der Waals surface area contributed by atoms with Crippen molar-refractivity contribution >= 4 is 11.6 Å². The van der Waals surface area contributed by atoms with E-state index in [4.69, 9.17) is 21.8 Å². The third-order valence-electron chi connectivity index (χ3n) is 1.17. The first-order chi connectivity index (χ1) is 4.74. The lowest BCUT2D eigenvalue weighted by Crippen LogP contribution is -2.04. The molecule has 0 aliphatic rings. The zero-order valence-corrected chi connectivity index (χ0v) is 6.14. The summed E-state index contributed by atoms with van der Waals surface area (Å²) in [6, 6.07) is 1.42. The van der Waals surface area contributed by atoms with E-state index in [1.165, 1.54) is 6.26 Å². The van der Waals surface area contributed by atoms with Crippen LogP contribution in [-0.4, -0.2) is 0 Å². The standard InChI is InChI=1S/C7H8ClNO/c1-2-6(9)7-3-5(8)4-10-7/h2-4,6H,1,9H2/t6-/m1/s1. The van der Waals surface area contributed by atoms with E-state index in [1.54, 1.807) is 12.1 Å². The van der Waals surface area contributed by atoms with Crippen LogP contribution in [0, 0.1) is 0 Å². The molecule has 0 radical (unpaired) electrons. The number of furan rings is 1. The smallest absolute Gasteiger partial charge is 0.125 e. The molecule has 0 aliphatic carbocycles. The summed E-state index contributed by atoms with van der Waals surface area (Å²) in [4.78, 5) is 0. The van der Waals surface area contributed by atoms with Crippen molar-refractivity contribution in [3.05, 3.63) is 35.8 Å². The molecular formula is C7H8ClNO. The van der Waals surface area contributed by atoms with Gasteiger partial charge in [0.05, 0.1) is 11.1 Å². The Morgan fingerprint density at radius 3 is 2.90 bits per heavy atom. The molecule has 54 valence electrons. The summed E-state index contributed by atoms with van der Waals surface area (Å²) in [5, 5.41) is 0.562. The highest BCUT2D eigenvalue weighted by Crippen LogP contribution is 2.18. The molecule has 1 aromatic rings. The van der Waals surface area contributed by atoms with Crippen LogP contribution in [0.4, 0.5) is 0 Å². The fraction of sp³-hybridized carbons (Fsp3) is 0.143. The van der Waals surface area contributed by atoms with Crippen LogP contribution < -0.4 is 5.73 Å². The average Bonchev–Trinajstić information content (AvgIpc) is 2.34. The van der Waals surface area contributed by atoms with E-state index < -0.39 is 0 Å². The third kappa shape index (κ3) is 1.40. The molecule has 3 heteroatoms. The van der Waals surface area contributed by atoms with Gasteiger partial charge in [0.25, 0.3) is 0 Å². The molecule has 0 saturated carbocycles. The maximum atomic E-state index is 5.58. The molecule has 0 fully saturated rings. The third-order valence-corrected chi connectivity index (χ3v) is 1.37. The predicted molar refractivity (Wildman–Crippen MR) is 40.8 cm³/mol. The van der Waals surface area contributed by atoms with E-state index in [0.29, 0.717) is 10.8 Å². The van der Waals surface area contributed by atoms with Crippen LogP contribution in [0.1, 0.15) is 11.8 Å². The second-order valence-electron chi connectivity index (χ2n) is 1.93. The predicted octanol–water partition coefficient (Wildman–Crippen LogP) is 2.12. The molecule has 2 nitrogen and oxygen atoms in total. The van der Waals surface area contributed by atoms with Gasteiger partial charge in [0.1, 0.15) is 12.0 Å². The highest BCUT2D eigenvalue weighted by molar-refractivity contribution is 6.30. The van der Waals surface area contributed by atoms with Crippen molar-refractivity contribution in [2.45, 2.75) is 6.04 Å². The highest BCUT2D eigenvalue weighted by Gasteiger charge is 2.04. The van der Waals surface area contributed by atoms with E-state index in [9.17, 15) is 0 Å². The van der Waals surface area contributed by atoms with Crippen molar-refractivity contribution in [3.8, 4) is 0 Å². The minimum Gasteiger partial charge on any atom is -0.466 e. The summed E-state index contributed by atoms with van der Waals surface area (Å²) in [6.07, 6.45) is 3.04. The van der Waals surface area contributed by atoms with Crippen molar-refractivity contribution in [3.63, 3.8) is 0 Å². The van der Waals surface area contributed by atoms with Gasteiger partial charge in [-0.3, -0.25) is 0 Å². The van der Waals surface area contributed by atoms with Gasteiger partial charge >= 0.3 is 0 Å². The Bertz CT molecular complexity index is 231. The Balaban J connectivity index is 2.84. The minimum absolute atomic E-state index is 0.257. The average molecular weight is 158 g/mol. The second-order valence-corrected chi connectivity index (χ2v) is 2.37. The maximum Gasteiger partial charge on any atom is 0.125 e. The Kier molecular flexibility index (Phi) is 2.14. The van der Waals surface area contributed by atoms with Gasteiger partial charge < -0.3 is 10.2 Å². The summed E-state index contributed by atoms with van der Waals surface area (Å²) < 4.78 is 4.99. The van der Waals surface area contributed by atoms with Gasteiger partial charge in [0.2, 0.25) is 0 Å². The monoisotopic (exact) mass is 157 g/mol. The molecular weight excluding hydrogens is 150 g/mol. The quantitative estimate of drug-likeness (QED) is 0.668. The first-order valence-electron chi connectivity index (χ1n) is 2.86. The number of hydrogen-bond donors (Lipinski definition) is 1. The SMILES string of the molecule is C=C[C@@H](N)c1cc(Cl)co1. The molecule has 0 amide bonds. The van der Waals surface area contributed by atoms with Gasteiger partial charge in [0.15, 0.2) is 0 Å². The molecule has 1 atom stereocenters. The largest absolute Gasteiger partial charge is 0.466 e. The van der Waals surface area contributed by atoms with Crippen molar-refractivity contribution in [2.24, 2.45) is 5.73 Å². The van der Waals surface area contributed by atoms with E-state index in [1.807, 2.05) is 0 Å². The lowest BCUT2D eigenvalue weighted by molar-refractivity contribution is 0.494. The number of halogens is 1. The summed E-state index contributed by atoms with van der Waals surface area (Å²) in [7, 11) is 0. The molecule has 1 heterocycles. The normalized spacial score (nSPS) is 13.0. The lowest BCUT2D eigenvalue weighted by atomic mass is 10.2. The second kappa shape index (κ2) is 2.90. The number of rotatable bonds is 2. The van der Waals surface area contributed by atoms with E-state index >= 15 is 0 Å². The van der Waals surface area contributed by atoms with Crippen LogP contribution >= 0.6 is 11.6 Å². The Morgan fingerprint density at radius 2 is 2.50 bits per heavy atom. The van der Waals surface area contributed by atoms with Crippen LogP contribution in [0.3, 0.4) is 0 Å². The zero-order valence-electron chi connectivity index (χ0n) is 5.38. The van der Waals surface area contributed by atoms with Crippen LogP contribution in [-0.2, 0) is 0 Å². The van der Waals surface area contributed by atoms with E-state index in [-0.39, 0.29) is 6.04 Å². The first kappa shape index (κ1) is 7.38. The van der Waals surface area contributed by atoms with Gasteiger partial charge in [-0.2, -0.15) is 0 Å². The first-order valence-corrected chi connectivity index (χ1v) is 3.24. The van der Waals surface area contributed by atoms with Crippen molar-refractivity contribution in [1.82, 2.24) is 0 Å². The molecule has 0 aliphatic heterocycles. The summed E-state index contributed by atoms with van der Waals surface area (Å²) in [6.45, 7) is 3.52. The Labute approximate surface area is 64.3 Å². The van der Waals surface area contributed by atoms with Gasteiger partial charge in [-0.1, -0.05) is 17.7 Å². The molecule has 0 saturated heterocycles. The molecule has 2 N–H and O–H groups in total. The highest BCUT2D eigenvalue weighted by atomic mass is 35.5. The molecule has 0 bridgehead atoms. The van der Waals surface area contributed by atoms with E-state index in [0.717, 1.165) is 0 Å². The molecule has 1 rings (SSSR count). The van der Waals surface area contributed by atoms with Crippen molar-refractivity contribution < 1.29 is 4.42 Å². The molecule has 10 heavy (non-hydrogen) atoms. The summed E-state index contributed by atoms with van der Waals surface area (Å²) in [5.74, 6) is 0.639. The van der Waals surface area contributed by atoms with Crippen LogP contribution in [0.25, 0.3) is 0 Å². The topological polar surface area (TPSA) is 39.2 Å². The van der Waals surface area contributed by atoms with E-state index in [2.05, 4.69) is 6.58 Å². The van der Waals surface area contributed by atoms with Crippen molar-refractivity contribution in [2.75, 3.05) is 0 Å². The van der Waals surface area contributed by atoms with Gasteiger partial charge in [-0.05, 0) is 0 Å². The fourth-order valence-corrected chi connectivity index (χ4v) is 0.771. The Morgan fingerprint density at radius 1 is 1.80 bits per heavy atom. The zero-order chi connectivity index (χ0) is 7.56. The van der Waals surface area contributed by atoms with Gasteiger partial charge in [-0.15, -0.1) is 6.58 Å². The number of nitrogens with two attached hydrogens (primary N) is 1. The summed E-state index contributed by atoms with van der Waals surface area (Å²) in [5.41, 5.74) is 5.54. The summed E-state index contributed by atoms with van der Waals surface area (Å²) >= 11 is 5.58. The molecule has 0 unspecified atom stereocenters. The fourth-order valence-electron chi connectivity index (χ4n) is 0.619. The van der Waals surface area contributed by atoms with Crippen molar-refractivity contribution in [1.29, 1.82) is 0 Å². The van der Waals surface area contributed by atoms with Crippen LogP contribution in [0.2, 0.25) is 5.02 Å². The molecule has 1 aromatic heterocycles. The molecule has 0 aromatic carbocycles. The van der Waals surface area contributed by atoms with Gasteiger partial charge in [-0.25, -0.2) is 0 Å². The van der Waals surface area contributed by atoms with Crippen LogP contribution in [0.15, 0.2) is 29.4 Å². The maximum absolute atomic E-state index is 5.58. The number of hydrogen-bond acceptors (Lipinski definition) is 2.